The number of nitrogens with one attached hydrogen (secondary N) is 1. The van der Waals surface area contributed by atoms with Gasteiger partial charge < -0.3 is 14.1 Å². The van der Waals surface area contributed by atoms with Crippen molar-refractivity contribution >= 4 is 23.2 Å². The molecule has 0 spiro atoms. The topological polar surface area (TPSA) is 133 Å². The number of nitro benzene ring substituents is 1. The number of aromatic nitrogens is 1. The standard InChI is InChI=1S/C22H20N2O7/c1-11-19(13(3)25)12(2)23-20(11)21(26)14(4)30-22(27)18-10-9-17(31-18)15-7-5-6-8-16(15)24(28)29/h5-10,14,23H,1-4H3. The second kappa shape index (κ2) is 8.39. The summed E-state index contributed by atoms with van der Waals surface area (Å²) in [7, 11) is 0. The molecule has 1 unspecified atom stereocenters. The molecule has 160 valence electrons. The third-order valence-corrected chi connectivity index (χ3v) is 4.86. The average molecular weight is 424 g/mol. The minimum absolute atomic E-state index is 0.125. The lowest BCUT2D eigenvalue weighted by atomic mass is 10.0. The summed E-state index contributed by atoms with van der Waals surface area (Å²) in [5.74, 6) is -1.63. The summed E-state index contributed by atoms with van der Waals surface area (Å²) in [4.78, 5) is 50.5. The first-order chi connectivity index (χ1) is 14.6. The van der Waals surface area contributed by atoms with Crippen LogP contribution in [0.3, 0.4) is 0 Å². The van der Waals surface area contributed by atoms with E-state index in [1.807, 2.05) is 0 Å². The van der Waals surface area contributed by atoms with Gasteiger partial charge in [0.1, 0.15) is 5.76 Å². The van der Waals surface area contributed by atoms with E-state index in [2.05, 4.69) is 4.98 Å². The van der Waals surface area contributed by atoms with E-state index < -0.39 is 22.8 Å². The maximum atomic E-state index is 12.7. The fraction of sp³-hybridized carbons (Fsp3) is 0.227. The zero-order valence-electron chi connectivity index (χ0n) is 17.3. The molecule has 0 bridgehead atoms. The van der Waals surface area contributed by atoms with Crippen molar-refractivity contribution in [1.82, 2.24) is 4.98 Å². The normalized spacial score (nSPS) is 11.7. The van der Waals surface area contributed by atoms with Gasteiger partial charge in [0.2, 0.25) is 11.5 Å². The van der Waals surface area contributed by atoms with Crippen molar-refractivity contribution in [2.45, 2.75) is 33.8 Å². The molecule has 31 heavy (non-hydrogen) atoms. The third-order valence-electron chi connectivity index (χ3n) is 4.86. The van der Waals surface area contributed by atoms with Gasteiger partial charge in [-0.3, -0.25) is 19.7 Å². The Morgan fingerprint density at radius 3 is 2.42 bits per heavy atom. The van der Waals surface area contributed by atoms with Crippen molar-refractivity contribution < 1.29 is 28.5 Å². The summed E-state index contributed by atoms with van der Waals surface area (Å²) >= 11 is 0. The molecule has 0 saturated carbocycles. The van der Waals surface area contributed by atoms with E-state index in [0.717, 1.165) is 0 Å². The molecular weight excluding hydrogens is 404 g/mol. The van der Waals surface area contributed by atoms with Crippen LogP contribution in [0.1, 0.15) is 56.5 Å². The highest BCUT2D eigenvalue weighted by Gasteiger charge is 2.27. The molecule has 0 aliphatic heterocycles. The quantitative estimate of drug-likeness (QED) is 0.257. The molecule has 0 saturated heterocycles. The van der Waals surface area contributed by atoms with E-state index in [1.54, 1.807) is 19.9 Å². The van der Waals surface area contributed by atoms with Crippen LogP contribution in [0.25, 0.3) is 11.3 Å². The molecule has 0 radical (unpaired) electrons. The van der Waals surface area contributed by atoms with Crippen molar-refractivity contribution in [1.29, 1.82) is 0 Å². The van der Waals surface area contributed by atoms with Gasteiger partial charge >= 0.3 is 5.97 Å². The van der Waals surface area contributed by atoms with Crippen LogP contribution < -0.4 is 0 Å². The predicted molar refractivity (Wildman–Crippen MR) is 110 cm³/mol. The van der Waals surface area contributed by atoms with Gasteiger partial charge in [-0.25, -0.2) is 4.79 Å². The minimum atomic E-state index is -1.15. The number of nitrogens with zero attached hydrogens (tertiary/aromatic N) is 1. The molecule has 2 heterocycles. The number of carbonyl (C=O) groups is 3. The highest BCUT2D eigenvalue weighted by Crippen LogP contribution is 2.31. The largest absolute Gasteiger partial charge is 0.449 e. The van der Waals surface area contributed by atoms with E-state index in [1.165, 1.54) is 44.2 Å². The second-order valence-corrected chi connectivity index (χ2v) is 7.03. The molecule has 1 aromatic carbocycles. The second-order valence-electron chi connectivity index (χ2n) is 7.03. The Morgan fingerprint density at radius 2 is 1.81 bits per heavy atom. The summed E-state index contributed by atoms with van der Waals surface area (Å²) in [5.41, 5.74) is 1.73. The van der Waals surface area contributed by atoms with Crippen molar-refractivity contribution in [3.63, 3.8) is 0 Å². The Hall–Kier alpha value is -4.01. The third kappa shape index (κ3) is 4.16. The van der Waals surface area contributed by atoms with Gasteiger partial charge in [-0.1, -0.05) is 12.1 Å². The Morgan fingerprint density at radius 1 is 1.13 bits per heavy atom. The number of ether oxygens (including phenoxy) is 1. The number of hydrogen-bond donors (Lipinski definition) is 1. The van der Waals surface area contributed by atoms with Gasteiger partial charge in [0.05, 0.1) is 16.2 Å². The fourth-order valence-corrected chi connectivity index (χ4v) is 3.43. The summed E-state index contributed by atoms with van der Waals surface area (Å²) in [6.07, 6.45) is -1.15. The monoisotopic (exact) mass is 424 g/mol. The molecule has 3 aromatic rings. The van der Waals surface area contributed by atoms with Crippen LogP contribution in [0.15, 0.2) is 40.8 Å². The average Bonchev–Trinajstić information content (AvgIpc) is 3.32. The van der Waals surface area contributed by atoms with Gasteiger partial charge in [-0.05, 0) is 51.5 Å². The van der Waals surface area contributed by atoms with Gasteiger partial charge in [0, 0.05) is 17.3 Å². The van der Waals surface area contributed by atoms with E-state index >= 15 is 0 Å². The van der Waals surface area contributed by atoms with Crippen LogP contribution in [0.5, 0.6) is 0 Å². The van der Waals surface area contributed by atoms with E-state index in [9.17, 15) is 24.5 Å². The predicted octanol–water partition coefficient (Wildman–Crippen LogP) is 4.43. The Bertz CT molecular complexity index is 1200. The van der Waals surface area contributed by atoms with Crippen molar-refractivity contribution in [3.05, 3.63) is 74.8 Å². The summed E-state index contributed by atoms with van der Waals surface area (Å²) in [6.45, 7) is 6.15. The van der Waals surface area contributed by atoms with E-state index in [4.69, 9.17) is 9.15 Å². The Labute approximate surface area is 177 Å². The molecule has 9 nitrogen and oxygen atoms in total. The van der Waals surface area contributed by atoms with Gasteiger partial charge in [0.25, 0.3) is 5.69 Å². The number of carbonyl (C=O) groups excluding carboxylic acids is 3. The van der Waals surface area contributed by atoms with Gasteiger partial charge in [0.15, 0.2) is 11.9 Å². The number of H-pyrrole nitrogens is 1. The fourth-order valence-electron chi connectivity index (χ4n) is 3.43. The number of hydrogen-bond acceptors (Lipinski definition) is 7. The number of aryl methyl sites for hydroxylation is 1. The minimum Gasteiger partial charge on any atom is -0.449 e. The summed E-state index contributed by atoms with van der Waals surface area (Å²) < 4.78 is 10.7. The van der Waals surface area contributed by atoms with Crippen LogP contribution >= 0.6 is 0 Å². The van der Waals surface area contributed by atoms with Crippen LogP contribution in [0.2, 0.25) is 0 Å². The molecule has 2 aromatic heterocycles. The highest BCUT2D eigenvalue weighted by atomic mass is 16.6. The number of nitro groups is 1. The maximum absolute atomic E-state index is 12.7. The molecule has 0 fully saturated rings. The number of aromatic amines is 1. The van der Waals surface area contributed by atoms with Gasteiger partial charge in [-0.15, -0.1) is 0 Å². The summed E-state index contributed by atoms with van der Waals surface area (Å²) in [6, 6.07) is 8.70. The number of benzene rings is 1. The Balaban J connectivity index is 1.79. The number of furan rings is 1. The van der Waals surface area contributed by atoms with Crippen molar-refractivity contribution in [2.24, 2.45) is 0 Å². The first kappa shape index (κ1) is 21.7. The zero-order valence-corrected chi connectivity index (χ0v) is 17.3. The molecule has 0 aliphatic carbocycles. The van der Waals surface area contributed by atoms with E-state index in [0.29, 0.717) is 16.8 Å². The lowest BCUT2D eigenvalue weighted by Gasteiger charge is -2.11. The van der Waals surface area contributed by atoms with Crippen LogP contribution in [0.4, 0.5) is 5.69 Å². The van der Waals surface area contributed by atoms with Crippen molar-refractivity contribution in [3.8, 4) is 11.3 Å². The Kier molecular flexibility index (Phi) is 5.87. The number of Topliss-reactive ketones (excluding diaryl/α,β-unsaturated/α-hetero) is 2. The maximum Gasteiger partial charge on any atom is 0.374 e. The molecule has 1 N–H and O–H groups in total. The summed E-state index contributed by atoms with van der Waals surface area (Å²) in [5, 5.41) is 11.2. The molecule has 9 heteroatoms. The highest BCUT2D eigenvalue weighted by molar-refractivity contribution is 6.05. The van der Waals surface area contributed by atoms with Crippen molar-refractivity contribution in [2.75, 3.05) is 0 Å². The molecule has 0 amide bonds. The molecular formula is C22H20N2O7. The SMILES string of the molecule is CC(=O)c1c(C)[nH]c(C(=O)C(C)OC(=O)c2ccc(-c3ccccc3[N+](=O)[O-])o2)c1C. The van der Waals surface area contributed by atoms with Gasteiger partial charge in [-0.2, -0.15) is 0 Å². The first-order valence-corrected chi connectivity index (χ1v) is 9.40. The lowest BCUT2D eigenvalue weighted by Crippen LogP contribution is -2.25. The zero-order chi connectivity index (χ0) is 22.9. The van der Waals surface area contributed by atoms with Crippen LogP contribution in [-0.4, -0.2) is 33.5 Å². The smallest absolute Gasteiger partial charge is 0.374 e. The number of ketones is 2. The lowest BCUT2D eigenvalue weighted by molar-refractivity contribution is -0.384. The number of rotatable bonds is 7. The molecule has 0 aliphatic rings. The van der Waals surface area contributed by atoms with E-state index in [-0.39, 0.29) is 34.2 Å². The molecule has 1 atom stereocenters. The number of para-hydroxylation sites is 1. The van der Waals surface area contributed by atoms with Crippen LogP contribution in [-0.2, 0) is 4.74 Å². The first-order valence-electron chi connectivity index (χ1n) is 9.40. The van der Waals surface area contributed by atoms with Crippen LogP contribution in [0, 0.1) is 24.0 Å². The number of esters is 1. The molecule has 3 rings (SSSR count).